The van der Waals surface area contributed by atoms with Crippen LogP contribution in [-0.4, -0.2) is 24.4 Å². The summed E-state index contributed by atoms with van der Waals surface area (Å²) in [6, 6.07) is 0. The largest absolute Gasteiger partial charge is 0.345 e. The summed E-state index contributed by atoms with van der Waals surface area (Å²) in [5.41, 5.74) is 0. The van der Waals surface area contributed by atoms with Crippen LogP contribution in [0.2, 0.25) is 0 Å². The van der Waals surface area contributed by atoms with Crippen LogP contribution in [0.4, 0.5) is 0 Å². The van der Waals surface area contributed by atoms with E-state index in [0.717, 1.165) is 19.5 Å². The van der Waals surface area contributed by atoms with E-state index in [4.69, 9.17) is 0 Å². The number of hydrogen-bond acceptors (Lipinski definition) is 1. The Morgan fingerprint density at radius 1 is 1.67 bits per heavy atom. The van der Waals surface area contributed by atoms with Gasteiger partial charge in [0, 0.05) is 19.5 Å². The molecule has 1 aliphatic rings. The zero-order valence-electron chi connectivity index (χ0n) is 3.42. The number of carbonyl (C=O) groups excluding carboxylic acids is 1. The third kappa shape index (κ3) is 0.379. The van der Waals surface area contributed by atoms with Crippen LogP contribution in [0.15, 0.2) is 0 Å². The molecule has 0 spiro atoms. The van der Waals surface area contributed by atoms with Crippen LogP contribution >= 0.6 is 0 Å². The molecule has 1 heterocycles. The van der Waals surface area contributed by atoms with Gasteiger partial charge in [0.15, 0.2) is 0 Å². The van der Waals surface area contributed by atoms with Crippen LogP contribution in [0.25, 0.3) is 0 Å². The highest BCUT2D eigenvalue weighted by atomic mass is 16.1. The Morgan fingerprint density at radius 2 is 2.33 bits per heavy atom. The molecule has 0 bridgehead atoms. The van der Waals surface area contributed by atoms with Gasteiger partial charge in [-0.2, -0.15) is 0 Å². The van der Waals surface area contributed by atoms with E-state index < -0.39 is 0 Å². The van der Waals surface area contributed by atoms with Crippen LogP contribution < -0.4 is 0 Å². The molecule has 0 aromatic heterocycles. The Labute approximate surface area is 36.7 Å². The van der Waals surface area contributed by atoms with Gasteiger partial charge in [-0.1, -0.05) is 0 Å². The van der Waals surface area contributed by atoms with Crippen LogP contribution in [0.3, 0.4) is 0 Å². The Morgan fingerprint density at radius 3 is 2.33 bits per heavy atom. The molecule has 0 unspecified atom stereocenters. The molecule has 1 rings (SSSR count). The van der Waals surface area contributed by atoms with E-state index in [9.17, 15) is 4.79 Å². The molecule has 33 valence electrons. The van der Waals surface area contributed by atoms with Gasteiger partial charge in [-0.15, -0.1) is 0 Å². The van der Waals surface area contributed by atoms with Crippen LogP contribution in [0.5, 0.6) is 0 Å². The maximum Gasteiger partial charge on any atom is 0.209 e. The third-order valence-corrected chi connectivity index (χ3v) is 0.876. The van der Waals surface area contributed by atoms with Gasteiger partial charge >= 0.3 is 0 Å². The Hall–Kier alpha value is -0.530. The second-order valence-electron chi connectivity index (χ2n) is 1.35. The standard InChI is InChI=1S/C4H6NO/c6-4-5-2-1-3-5/h1,4H,2-3H2. The molecule has 0 N–H and O–H groups in total. The van der Waals surface area contributed by atoms with Crippen molar-refractivity contribution < 1.29 is 4.79 Å². The second kappa shape index (κ2) is 1.29. The summed E-state index contributed by atoms with van der Waals surface area (Å²) < 4.78 is 0. The quantitative estimate of drug-likeness (QED) is 0.398. The predicted molar refractivity (Wildman–Crippen MR) is 21.9 cm³/mol. The smallest absolute Gasteiger partial charge is 0.209 e. The maximum absolute atomic E-state index is 9.69. The van der Waals surface area contributed by atoms with E-state index in [1.807, 2.05) is 0 Å². The van der Waals surface area contributed by atoms with Crippen LogP contribution in [0, 0.1) is 6.42 Å². The van der Waals surface area contributed by atoms with Crippen molar-refractivity contribution in [2.24, 2.45) is 0 Å². The van der Waals surface area contributed by atoms with Crippen molar-refractivity contribution in [3.05, 3.63) is 6.42 Å². The topological polar surface area (TPSA) is 20.3 Å². The number of hydrogen-bond donors (Lipinski definition) is 0. The summed E-state index contributed by atoms with van der Waals surface area (Å²) in [6.45, 7) is 1.70. The molecular formula is C4H6NO. The summed E-state index contributed by atoms with van der Waals surface area (Å²) in [5.74, 6) is 0. The average molecular weight is 84.1 g/mol. The van der Waals surface area contributed by atoms with Gasteiger partial charge in [-0.25, -0.2) is 0 Å². The third-order valence-electron chi connectivity index (χ3n) is 0.876. The highest BCUT2D eigenvalue weighted by Crippen LogP contribution is 1.97. The monoisotopic (exact) mass is 84.0 g/mol. The Bertz CT molecular complexity index is 58.6. The first-order chi connectivity index (χ1) is 2.93. The minimum absolute atomic E-state index is 0.851. The average Bonchev–Trinajstić information content (AvgIpc) is 1.31. The van der Waals surface area contributed by atoms with Gasteiger partial charge in [-0.05, 0) is 0 Å². The second-order valence-corrected chi connectivity index (χ2v) is 1.35. The molecule has 0 aromatic rings. The van der Waals surface area contributed by atoms with Crippen molar-refractivity contribution in [1.29, 1.82) is 0 Å². The molecule has 2 heteroatoms. The lowest BCUT2D eigenvalue weighted by atomic mass is 10.2. The molecule has 1 aliphatic heterocycles. The SMILES string of the molecule is O=CN1C[CH]C1. The molecular weight excluding hydrogens is 78.0 g/mol. The fourth-order valence-electron chi connectivity index (χ4n) is 0.364. The lowest BCUT2D eigenvalue weighted by molar-refractivity contribution is -0.119. The van der Waals surface area contributed by atoms with E-state index >= 15 is 0 Å². The Balaban J connectivity index is 2.16. The molecule has 6 heavy (non-hydrogen) atoms. The molecule has 1 fully saturated rings. The summed E-state index contributed by atoms with van der Waals surface area (Å²) in [6.07, 6.45) is 2.91. The van der Waals surface area contributed by atoms with Crippen molar-refractivity contribution in [2.45, 2.75) is 0 Å². The van der Waals surface area contributed by atoms with Gasteiger partial charge in [0.25, 0.3) is 0 Å². The fraction of sp³-hybridized carbons (Fsp3) is 0.500. The first kappa shape index (κ1) is 3.65. The normalized spacial score (nSPS) is 19.7. The molecule has 0 aliphatic carbocycles. The molecule has 1 amide bonds. The summed E-state index contributed by atoms with van der Waals surface area (Å²) in [7, 11) is 0. The number of amides is 1. The van der Waals surface area contributed by atoms with Crippen molar-refractivity contribution >= 4 is 6.41 Å². The zero-order valence-corrected chi connectivity index (χ0v) is 3.42. The maximum atomic E-state index is 9.69. The first-order valence-electron chi connectivity index (χ1n) is 1.94. The molecule has 1 radical (unpaired) electrons. The molecule has 2 nitrogen and oxygen atoms in total. The van der Waals surface area contributed by atoms with Gasteiger partial charge in [-0.3, -0.25) is 4.79 Å². The fourth-order valence-corrected chi connectivity index (χ4v) is 0.364. The van der Waals surface area contributed by atoms with Crippen LogP contribution in [-0.2, 0) is 4.79 Å². The number of rotatable bonds is 1. The summed E-state index contributed by atoms with van der Waals surface area (Å²) in [5, 5.41) is 0. The van der Waals surface area contributed by atoms with Gasteiger partial charge in [0.1, 0.15) is 0 Å². The van der Waals surface area contributed by atoms with E-state index in [0.29, 0.717) is 0 Å². The first-order valence-corrected chi connectivity index (χ1v) is 1.94. The van der Waals surface area contributed by atoms with Crippen molar-refractivity contribution in [3.63, 3.8) is 0 Å². The van der Waals surface area contributed by atoms with E-state index in [1.165, 1.54) is 0 Å². The number of nitrogens with zero attached hydrogens (tertiary/aromatic N) is 1. The summed E-state index contributed by atoms with van der Waals surface area (Å²) >= 11 is 0. The van der Waals surface area contributed by atoms with E-state index in [2.05, 4.69) is 6.42 Å². The number of likely N-dealkylation sites (tertiary alicyclic amines) is 1. The van der Waals surface area contributed by atoms with E-state index in [1.54, 1.807) is 4.90 Å². The predicted octanol–water partition coefficient (Wildman–Crippen LogP) is -0.337. The van der Waals surface area contributed by atoms with Crippen molar-refractivity contribution in [1.82, 2.24) is 4.90 Å². The summed E-state index contributed by atoms with van der Waals surface area (Å²) in [4.78, 5) is 11.4. The molecule has 0 saturated carbocycles. The van der Waals surface area contributed by atoms with Crippen LogP contribution in [0.1, 0.15) is 0 Å². The molecule has 0 atom stereocenters. The highest BCUT2D eigenvalue weighted by Gasteiger charge is 2.08. The Kier molecular flexibility index (Phi) is 0.783. The zero-order chi connectivity index (χ0) is 4.41. The molecule has 1 saturated heterocycles. The highest BCUT2D eigenvalue weighted by molar-refractivity contribution is 5.49. The van der Waals surface area contributed by atoms with Gasteiger partial charge in [0.05, 0.1) is 0 Å². The van der Waals surface area contributed by atoms with Crippen molar-refractivity contribution in [3.8, 4) is 0 Å². The van der Waals surface area contributed by atoms with Gasteiger partial charge < -0.3 is 4.90 Å². The lowest BCUT2D eigenvalue weighted by Crippen LogP contribution is -2.36. The molecule has 0 aromatic carbocycles. The minimum Gasteiger partial charge on any atom is -0.345 e. The van der Waals surface area contributed by atoms with Crippen molar-refractivity contribution in [2.75, 3.05) is 13.1 Å². The lowest BCUT2D eigenvalue weighted by Gasteiger charge is -2.25. The van der Waals surface area contributed by atoms with Gasteiger partial charge in [0.2, 0.25) is 6.41 Å². The number of carbonyl (C=O) groups is 1. The van der Waals surface area contributed by atoms with E-state index in [-0.39, 0.29) is 0 Å². The minimum atomic E-state index is 0.851.